The van der Waals surface area contributed by atoms with Crippen LogP contribution in [0.3, 0.4) is 0 Å². The molecule has 0 saturated heterocycles. The standard InChI is InChI=1S/Al.Ca.K.Na.7H/q;+2;2*+1;;;;4*-1. The van der Waals surface area contributed by atoms with Gasteiger partial charge in [-0.2, -0.15) is 0 Å². The van der Waals surface area contributed by atoms with Crippen LogP contribution in [0, 0.1) is 0 Å². The van der Waals surface area contributed by atoms with Crippen molar-refractivity contribution in [1.29, 1.82) is 0 Å². The van der Waals surface area contributed by atoms with Gasteiger partial charge in [-0.05, 0) is 0 Å². The summed E-state index contributed by atoms with van der Waals surface area (Å²) in [5.41, 5.74) is 0. The fourth-order valence-electron chi connectivity index (χ4n) is 0. The van der Waals surface area contributed by atoms with E-state index in [0.29, 0.717) is 0 Å². The second-order valence-electron chi connectivity index (χ2n) is 0. The third kappa shape index (κ3) is 9.66. The van der Waals surface area contributed by atoms with E-state index < -0.39 is 0 Å². The molecule has 0 saturated carbocycles. The summed E-state index contributed by atoms with van der Waals surface area (Å²) in [5.74, 6) is 0. The summed E-state index contributed by atoms with van der Waals surface area (Å²) < 4.78 is 0. The molecule has 0 aromatic heterocycles. The molecule has 0 aliphatic rings. The Morgan fingerprint density at radius 1 is 1.25 bits per heavy atom. The van der Waals surface area contributed by atoms with Gasteiger partial charge < -0.3 is 5.71 Å². The smallest absolute Gasteiger partial charge is 1.00 e. The Balaban J connectivity index is 0. The first-order valence-electron chi connectivity index (χ1n) is 0. The van der Waals surface area contributed by atoms with E-state index in [4.69, 9.17) is 0 Å². The Hall–Kier alpha value is 4.43. The van der Waals surface area contributed by atoms with Crippen LogP contribution >= 0.6 is 0 Å². The van der Waals surface area contributed by atoms with Gasteiger partial charge in [-0.1, -0.05) is 0 Å². The minimum atomic E-state index is 0. The van der Waals surface area contributed by atoms with E-state index in [1.807, 2.05) is 0 Å². The minimum Gasteiger partial charge on any atom is -1.00 e. The first-order valence-corrected chi connectivity index (χ1v) is 0. The molecule has 0 aromatic rings. The van der Waals surface area contributed by atoms with Crippen LogP contribution < -0.4 is 80.9 Å². The van der Waals surface area contributed by atoms with Gasteiger partial charge in [-0.15, -0.1) is 0 Å². The van der Waals surface area contributed by atoms with Gasteiger partial charge >= 0.3 is 119 Å². The molecule has 4 heavy (non-hydrogen) atoms. The van der Waals surface area contributed by atoms with Crippen molar-refractivity contribution >= 4 is 55.1 Å². The predicted octanol–water partition coefficient (Wildman–Crippen LogP) is -7.11. The van der Waals surface area contributed by atoms with Gasteiger partial charge in [0.25, 0.3) is 0 Å². The maximum absolute atomic E-state index is 0. The summed E-state index contributed by atoms with van der Waals surface area (Å²) in [5, 5.41) is 0. The summed E-state index contributed by atoms with van der Waals surface area (Å²) in [6, 6.07) is 0. The monoisotopic (exact) mass is 136 g/mol. The fourth-order valence-corrected chi connectivity index (χ4v) is 0. The second kappa shape index (κ2) is 15.7. The van der Waals surface area contributed by atoms with Crippen LogP contribution in [0.15, 0.2) is 0 Å². The van der Waals surface area contributed by atoms with Gasteiger partial charge in [0.05, 0.1) is 0 Å². The third-order valence-electron chi connectivity index (χ3n) is 0. The SMILES string of the molecule is [AlH3].[Ca+2].[H-].[H-].[H-].[H-].[K+].[Na+]. The van der Waals surface area contributed by atoms with Crippen molar-refractivity contribution in [2.24, 2.45) is 0 Å². The second-order valence-corrected chi connectivity index (χ2v) is 0. The van der Waals surface area contributed by atoms with E-state index in [-0.39, 0.29) is 142 Å². The number of hydrogen-bond acceptors (Lipinski definition) is 0. The molecule has 14 valence electrons. The van der Waals surface area contributed by atoms with E-state index in [2.05, 4.69) is 0 Å². The van der Waals surface area contributed by atoms with Gasteiger partial charge in [0, 0.05) is 0 Å². The molecular weight excluding hydrogens is 129 g/mol. The molecule has 4 heteroatoms. The largest absolute Gasteiger partial charge is 2.00 e. The summed E-state index contributed by atoms with van der Waals surface area (Å²) in [6.07, 6.45) is 0. The molecule has 0 N–H and O–H groups in total. The summed E-state index contributed by atoms with van der Waals surface area (Å²) in [7, 11) is 0. The summed E-state index contributed by atoms with van der Waals surface area (Å²) in [6.45, 7) is 0. The maximum Gasteiger partial charge on any atom is 2.00 e. The maximum atomic E-state index is 0. The van der Waals surface area contributed by atoms with Crippen molar-refractivity contribution < 1.29 is 86.6 Å². The van der Waals surface area contributed by atoms with Gasteiger partial charge in [0.2, 0.25) is 0 Å². The van der Waals surface area contributed by atoms with E-state index in [1.165, 1.54) is 0 Å². The van der Waals surface area contributed by atoms with Gasteiger partial charge in [0.15, 0.2) is 17.4 Å². The molecule has 0 nitrogen and oxygen atoms in total. The Morgan fingerprint density at radius 3 is 1.25 bits per heavy atom. The summed E-state index contributed by atoms with van der Waals surface area (Å²) in [4.78, 5) is 0. The van der Waals surface area contributed by atoms with E-state index in [0.717, 1.165) is 0 Å². The molecule has 0 fully saturated rings. The Kier molecular flexibility index (Phi) is 92.8. The van der Waals surface area contributed by atoms with Crippen LogP contribution in [0.2, 0.25) is 0 Å². The third-order valence-corrected chi connectivity index (χ3v) is 0. The van der Waals surface area contributed by atoms with Gasteiger partial charge in [-0.25, -0.2) is 0 Å². The van der Waals surface area contributed by atoms with Crippen LogP contribution in [0.5, 0.6) is 0 Å². The molecule has 0 heterocycles. The van der Waals surface area contributed by atoms with Crippen LogP contribution in [-0.2, 0) is 0 Å². The number of hydrogen-bond donors (Lipinski definition) is 0. The average Bonchev–Trinajstić information content (AvgIpc) is 0. The first kappa shape index (κ1) is 23.7. The molecule has 0 aromatic carbocycles. The molecular formula is H7AlCaKNa. The van der Waals surface area contributed by atoms with Crippen molar-refractivity contribution in [2.75, 3.05) is 0 Å². The van der Waals surface area contributed by atoms with Crippen molar-refractivity contribution in [2.45, 2.75) is 0 Å². The molecule has 0 aliphatic carbocycles. The van der Waals surface area contributed by atoms with E-state index >= 15 is 0 Å². The molecule has 0 rings (SSSR count). The van der Waals surface area contributed by atoms with Crippen molar-refractivity contribution in [3.63, 3.8) is 0 Å². The topological polar surface area (TPSA) is 0 Å². The van der Waals surface area contributed by atoms with Crippen molar-refractivity contribution in [3.8, 4) is 0 Å². The fraction of sp³-hybridized carbons (Fsp3) is 0. The zero-order valence-electron chi connectivity index (χ0n) is 6.71. The van der Waals surface area contributed by atoms with Crippen molar-refractivity contribution in [1.82, 2.24) is 0 Å². The number of rotatable bonds is 0. The molecule has 0 amide bonds. The van der Waals surface area contributed by atoms with Crippen LogP contribution in [0.4, 0.5) is 0 Å². The van der Waals surface area contributed by atoms with E-state index in [1.54, 1.807) is 0 Å². The predicted molar refractivity (Wildman–Crippen MR) is 20.1 cm³/mol. The zero-order valence-corrected chi connectivity index (χ0v) is 10.0. The summed E-state index contributed by atoms with van der Waals surface area (Å²) >= 11 is 0. The van der Waals surface area contributed by atoms with Crippen LogP contribution in [0.25, 0.3) is 0 Å². The molecule has 0 unspecified atom stereocenters. The normalized spacial score (nSPS) is 0. The van der Waals surface area contributed by atoms with Crippen LogP contribution in [0.1, 0.15) is 5.71 Å². The minimum absolute atomic E-state index is 0. The Labute approximate surface area is 138 Å². The van der Waals surface area contributed by atoms with E-state index in [9.17, 15) is 0 Å². The first-order chi connectivity index (χ1) is 0. The quantitative estimate of drug-likeness (QED) is 0.290. The molecule has 0 aliphatic heterocycles. The van der Waals surface area contributed by atoms with Crippen molar-refractivity contribution in [3.05, 3.63) is 0 Å². The molecule has 0 atom stereocenters. The Morgan fingerprint density at radius 2 is 1.25 bits per heavy atom. The molecule has 0 bridgehead atoms. The molecule has 0 spiro atoms. The molecule has 0 radical (unpaired) electrons. The van der Waals surface area contributed by atoms with Crippen LogP contribution in [-0.4, -0.2) is 55.1 Å². The average molecular weight is 136 g/mol. The van der Waals surface area contributed by atoms with Gasteiger partial charge in [-0.3, -0.25) is 0 Å². The zero-order chi connectivity index (χ0) is 0. The van der Waals surface area contributed by atoms with Gasteiger partial charge in [0.1, 0.15) is 0 Å². The Bertz CT molecular complexity index is 16.0.